The highest BCUT2D eigenvalue weighted by Gasteiger charge is 2.25. The lowest BCUT2D eigenvalue weighted by Crippen LogP contribution is -2.05. The number of rotatable bonds is 3. The van der Waals surface area contributed by atoms with E-state index in [1.54, 1.807) is 0 Å². The maximum Gasteiger partial charge on any atom is 0.303 e. The van der Waals surface area contributed by atoms with E-state index >= 15 is 0 Å². The molecular weight excluding hydrogens is 144 g/mol. The first kappa shape index (κ1) is 8.53. The second-order valence-corrected chi connectivity index (χ2v) is 3.33. The average molecular weight is 158 g/mol. The molecule has 2 atom stereocenters. The Bertz CT molecular complexity index is 144. The molecule has 2 N–H and O–H groups in total. The van der Waals surface area contributed by atoms with Gasteiger partial charge in [0.25, 0.3) is 0 Å². The Morgan fingerprint density at radius 2 is 2.00 bits per heavy atom. The molecule has 3 heteroatoms. The van der Waals surface area contributed by atoms with Gasteiger partial charge in [0.05, 0.1) is 0 Å². The van der Waals surface area contributed by atoms with Crippen LogP contribution in [0.5, 0.6) is 0 Å². The standard InChI is InChI=1S/C8H14O3/c9-5-7-2-1-6(3-7)4-8(10)11/h6-7,9H,1-5H2,(H,10,11). The van der Waals surface area contributed by atoms with Crippen LogP contribution in [0.25, 0.3) is 0 Å². The summed E-state index contributed by atoms with van der Waals surface area (Å²) in [6, 6.07) is 0. The highest BCUT2D eigenvalue weighted by Crippen LogP contribution is 2.32. The normalized spacial score (nSPS) is 30.6. The molecule has 11 heavy (non-hydrogen) atoms. The fourth-order valence-electron chi connectivity index (χ4n) is 1.78. The Morgan fingerprint density at radius 3 is 2.45 bits per heavy atom. The monoisotopic (exact) mass is 158 g/mol. The highest BCUT2D eigenvalue weighted by molar-refractivity contribution is 5.67. The second-order valence-electron chi connectivity index (χ2n) is 3.33. The third kappa shape index (κ3) is 2.50. The third-order valence-electron chi connectivity index (χ3n) is 2.37. The van der Waals surface area contributed by atoms with Gasteiger partial charge in [-0.15, -0.1) is 0 Å². The van der Waals surface area contributed by atoms with E-state index in [2.05, 4.69) is 0 Å². The molecule has 0 bridgehead atoms. The van der Waals surface area contributed by atoms with Crippen molar-refractivity contribution in [2.24, 2.45) is 11.8 Å². The molecule has 2 unspecified atom stereocenters. The smallest absolute Gasteiger partial charge is 0.303 e. The van der Waals surface area contributed by atoms with Crippen LogP contribution in [0.15, 0.2) is 0 Å². The average Bonchev–Trinajstić information content (AvgIpc) is 2.34. The van der Waals surface area contributed by atoms with Crippen LogP contribution in [-0.4, -0.2) is 22.8 Å². The molecule has 0 aromatic carbocycles. The largest absolute Gasteiger partial charge is 0.481 e. The number of aliphatic carboxylic acids is 1. The lowest BCUT2D eigenvalue weighted by Gasteiger charge is -2.05. The van der Waals surface area contributed by atoms with E-state index in [9.17, 15) is 4.79 Å². The molecule has 0 aromatic rings. The number of hydrogen-bond donors (Lipinski definition) is 2. The van der Waals surface area contributed by atoms with Crippen LogP contribution < -0.4 is 0 Å². The summed E-state index contributed by atoms with van der Waals surface area (Å²) >= 11 is 0. The van der Waals surface area contributed by atoms with Crippen LogP contribution in [0.4, 0.5) is 0 Å². The number of aliphatic hydroxyl groups excluding tert-OH is 1. The highest BCUT2D eigenvalue weighted by atomic mass is 16.4. The topological polar surface area (TPSA) is 57.5 Å². The SMILES string of the molecule is O=C(O)CC1CCC(CO)C1. The fourth-order valence-corrected chi connectivity index (χ4v) is 1.78. The van der Waals surface area contributed by atoms with Crippen LogP contribution in [-0.2, 0) is 4.79 Å². The van der Waals surface area contributed by atoms with Crippen LogP contribution in [0, 0.1) is 11.8 Å². The fraction of sp³-hybridized carbons (Fsp3) is 0.875. The van der Waals surface area contributed by atoms with Crippen molar-refractivity contribution in [2.45, 2.75) is 25.7 Å². The van der Waals surface area contributed by atoms with Crippen LogP contribution in [0.2, 0.25) is 0 Å². The Hall–Kier alpha value is -0.570. The lowest BCUT2D eigenvalue weighted by molar-refractivity contribution is -0.138. The first-order valence-corrected chi connectivity index (χ1v) is 4.05. The molecule has 0 heterocycles. The molecule has 1 saturated carbocycles. The van der Waals surface area contributed by atoms with Gasteiger partial charge in [-0.05, 0) is 31.1 Å². The molecule has 0 saturated heterocycles. The van der Waals surface area contributed by atoms with Gasteiger partial charge in [-0.2, -0.15) is 0 Å². The minimum Gasteiger partial charge on any atom is -0.481 e. The first-order valence-electron chi connectivity index (χ1n) is 4.05. The van der Waals surface area contributed by atoms with E-state index in [1.807, 2.05) is 0 Å². The molecule has 0 spiro atoms. The molecule has 1 aliphatic rings. The van der Waals surface area contributed by atoms with Gasteiger partial charge in [-0.1, -0.05) is 0 Å². The van der Waals surface area contributed by atoms with E-state index in [0.717, 1.165) is 19.3 Å². The maximum absolute atomic E-state index is 10.3. The summed E-state index contributed by atoms with van der Waals surface area (Å²) in [6.45, 7) is 0.218. The zero-order valence-corrected chi connectivity index (χ0v) is 6.49. The number of carboxylic acid groups (broad SMARTS) is 1. The minimum atomic E-state index is -0.714. The number of aliphatic hydroxyl groups is 1. The van der Waals surface area contributed by atoms with E-state index in [4.69, 9.17) is 10.2 Å². The van der Waals surface area contributed by atoms with E-state index in [-0.39, 0.29) is 13.0 Å². The molecule has 0 aromatic heterocycles. The Balaban J connectivity index is 2.24. The van der Waals surface area contributed by atoms with Gasteiger partial charge >= 0.3 is 5.97 Å². The van der Waals surface area contributed by atoms with Gasteiger partial charge in [0.15, 0.2) is 0 Å². The molecule has 0 aliphatic heterocycles. The Kier molecular flexibility index (Phi) is 2.88. The molecule has 1 aliphatic carbocycles. The zero-order chi connectivity index (χ0) is 8.27. The number of carbonyl (C=O) groups is 1. The summed E-state index contributed by atoms with van der Waals surface area (Å²) < 4.78 is 0. The van der Waals surface area contributed by atoms with Crippen molar-refractivity contribution >= 4 is 5.97 Å². The van der Waals surface area contributed by atoms with Crippen molar-refractivity contribution in [3.05, 3.63) is 0 Å². The van der Waals surface area contributed by atoms with E-state index < -0.39 is 5.97 Å². The predicted octanol–water partition coefficient (Wildman–Crippen LogP) is 0.870. The summed E-state index contributed by atoms with van der Waals surface area (Å²) in [5.41, 5.74) is 0. The Morgan fingerprint density at radius 1 is 1.36 bits per heavy atom. The van der Waals surface area contributed by atoms with Crippen molar-refractivity contribution in [2.75, 3.05) is 6.61 Å². The second kappa shape index (κ2) is 3.72. The summed E-state index contributed by atoms with van der Waals surface area (Å²) in [5, 5.41) is 17.2. The zero-order valence-electron chi connectivity index (χ0n) is 6.49. The van der Waals surface area contributed by atoms with Gasteiger partial charge in [-0.3, -0.25) is 4.79 Å². The summed E-state index contributed by atoms with van der Waals surface area (Å²) in [5.74, 6) is -0.0439. The quantitative estimate of drug-likeness (QED) is 0.640. The van der Waals surface area contributed by atoms with E-state index in [1.165, 1.54) is 0 Å². The van der Waals surface area contributed by atoms with Crippen LogP contribution >= 0.6 is 0 Å². The molecule has 1 fully saturated rings. The van der Waals surface area contributed by atoms with Gasteiger partial charge < -0.3 is 10.2 Å². The summed E-state index contributed by atoms with van der Waals surface area (Å²) in [7, 11) is 0. The van der Waals surface area contributed by atoms with Crippen molar-refractivity contribution in [1.82, 2.24) is 0 Å². The van der Waals surface area contributed by atoms with Crippen molar-refractivity contribution in [3.63, 3.8) is 0 Å². The van der Waals surface area contributed by atoms with Crippen molar-refractivity contribution in [1.29, 1.82) is 0 Å². The number of carboxylic acids is 1. The van der Waals surface area contributed by atoms with Gasteiger partial charge in [-0.25, -0.2) is 0 Å². The lowest BCUT2D eigenvalue weighted by atomic mass is 10.0. The number of hydrogen-bond acceptors (Lipinski definition) is 2. The first-order chi connectivity index (χ1) is 5.22. The Labute approximate surface area is 66.0 Å². The third-order valence-corrected chi connectivity index (χ3v) is 2.37. The predicted molar refractivity (Wildman–Crippen MR) is 40.2 cm³/mol. The summed E-state index contributed by atoms with van der Waals surface area (Å²) in [4.78, 5) is 10.3. The van der Waals surface area contributed by atoms with Gasteiger partial charge in [0.2, 0.25) is 0 Å². The molecule has 64 valence electrons. The molecule has 3 nitrogen and oxygen atoms in total. The van der Waals surface area contributed by atoms with Crippen LogP contribution in [0.1, 0.15) is 25.7 Å². The summed E-state index contributed by atoms with van der Waals surface area (Å²) in [6.07, 6.45) is 3.13. The van der Waals surface area contributed by atoms with Crippen LogP contribution in [0.3, 0.4) is 0 Å². The van der Waals surface area contributed by atoms with Crippen molar-refractivity contribution in [3.8, 4) is 0 Å². The maximum atomic E-state index is 10.3. The molecular formula is C8H14O3. The molecule has 0 amide bonds. The molecule has 1 rings (SSSR count). The van der Waals surface area contributed by atoms with E-state index in [0.29, 0.717) is 11.8 Å². The minimum absolute atomic E-state index is 0.218. The van der Waals surface area contributed by atoms with Gasteiger partial charge in [0, 0.05) is 13.0 Å². The van der Waals surface area contributed by atoms with Gasteiger partial charge in [0.1, 0.15) is 0 Å². The molecule has 0 radical (unpaired) electrons. The van der Waals surface area contributed by atoms with Crippen molar-refractivity contribution < 1.29 is 15.0 Å².